The van der Waals surface area contributed by atoms with Crippen molar-refractivity contribution in [1.82, 2.24) is 10.2 Å². The van der Waals surface area contributed by atoms with Crippen molar-refractivity contribution >= 4 is 19.2 Å². The van der Waals surface area contributed by atoms with Gasteiger partial charge in [0.1, 0.15) is 36.0 Å². The maximum atomic E-state index is 12.1. The van der Waals surface area contributed by atoms with Gasteiger partial charge in [-0.25, -0.2) is 4.79 Å². The van der Waals surface area contributed by atoms with E-state index in [9.17, 15) is 19.8 Å². The minimum Gasteiger partial charge on any atom is -0.507 e. The molecule has 29 heavy (non-hydrogen) atoms. The van der Waals surface area contributed by atoms with E-state index in [1.54, 1.807) is 19.1 Å². The fourth-order valence-electron chi connectivity index (χ4n) is 3.54. The van der Waals surface area contributed by atoms with Gasteiger partial charge in [-0.15, -0.1) is 0 Å². The Labute approximate surface area is 170 Å². The minimum atomic E-state index is -1.23. The summed E-state index contributed by atoms with van der Waals surface area (Å²) in [6.45, 7) is 5.66. The highest BCUT2D eigenvalue weighted by molar-refractivity contribution is 6.54. The lowest BCUT2D eigenvalue weighted by Gasteiger charge is -2.42. The Morgan fingerprint density at radius 3 is 2.66 bits per heavy atom. The summed E-state index contributed by atoms with van der Waals surface area (Å²) in [4.78, 5) is 25.8. The predicted octanol–water partition coefficient (Wildman–Crippen LogP) is -0.703. The molecule has 3 rings (SSSR count). The molecule has 2 saturated heterocycles. The molecule has 2 unspecified atom stereocenters. The maximum absolute atomic E-state index is 12.1. The van der Waals surface area contributed by atoms with Crippen LogP contribution in [-0.2, 0) is 10.1 Å². The van der Waals surface area contributed by atoms with Gasteiger partial charge in [0.2, 0.25) is 5.91 Å². The first-order chi connectivity index (χ1) is 13.6. The molecule has 10 heteroatoms. The molecule has 7 N–H and O–H groups in total. The van der Waals surface area contributed by atoms with E-state index in [4.69, 9.17) is 16.2 Å². The Kier molecular flexibility index (Phi) is 5.80. The Hall–Kier alpha value is -2.30. The molecule has 0 spiro atoms. The van der Waals surface area contributed by atoms with Crippen molar-refractivity contribution in [3.05, 3.63) is 23.3 Å². The van der Waals surface area contributed by atoms with Gasteiger partial charge in [0.25, 0.3) is 0 Å². The molecular formula is C19H28BN4O5. The lowest BCUT2D eigenvalue weighted by atomic mass is 9.81. The van der Waals surface area contributed by atoms with Gasteiger partial charge in [-0.2, -0.15) is 0 Å². The number of rotatable bonds is 9. The number of aromatic hydroxyl groups is 1. The van der Waals surface area contributed by atoms with Crippen LogP contribution in [0.4, 0.5) is 0 Å². The molecule has 2 atom stereocenters. The number of benzene rings is 1. The van der Waals surface area contributed by atoms with Crippen LogP contribution in [0.3, 0.4) is 0 Å². The number of carboxylic acids is 1. The summed E-state index contributed by atoms with van der Waals surface area (Å²) < 4.78 is 5.83. The number of likely N-dealkylation sites (tertiary alicyclic amines) is 1. The van der Waals surface area contributed by atoms with Crippen LogP contribution in [0.5, 0.6) is 11.5 Å². The first kappa shape index (κ1) is 21.4. The first-order valence-electron chi connectivity index (χ1n) is 9.68. The molecule has 0 saturated carbocycles. The number of phenols is 1. The van der Waals surface area contributed by atoms with Gasteiger partial charge in [0.15, 0.2) is 0 Å². The number of nitrogens with zero attached hydrogens (tertiary/aromatic N) is 1. The average molecular weight is 403 g/mol. The van der Waals surface area contributed by atoms with Gasteiger partial charge in [-0.3, -0.25) is 9.69 Å². The number of nitrogens with one attached hydrogen (secondary N) is 1. The van der Waals surface area contributed by atoms with Gasteiger partial charge in [-0.1, -0.05) is 19.3 Å². The van der Waals surface area contributed by atoms with Gasteiger partial charge < -0.3 is 31.7 Å². The Bertz CT molecular complexity index is 806. The summed E-state index contributed by atoms with van der Waals surface area (Å²) in [5.41, 5.74) is 10.8. The van der Waals surface area contributed by atoms with Crippen molar-refractivity contribution in [2.45, 2.75) is 37.1 Å². The third kappa shape index (κ3) is 4.49. The van der Waals surface area contributed by atoms with Crippen LogP contribution in [-0.4, -0.2) is 78.6 Å². The minimum absolute atomic E-state index is 0.142. The normalized spacial score (nSPS) is 23.4. The standard InChI is InChI=1S/C19H28BN4O5/c1-18(9-20-18)12-3-4-13(14(15(12)25)16(26)27)29-11-7-24(8-11)10-19(2,22)17(28)23-6-5-21/h3-4,11,25H,5-10,21-22H2,1-2H3,(H,23,28)(H,26,27). The summed E-state index contributed by atoms with van der Waals surface area (Å²) in [6.07, 6.45) is 0.554. The Morgan fingerprint density at radius 1 is 1.45 bits per heavy atom. The van der Waals surface area contributed by atoms with E-state index in [-0.39, 0.29) is 34.4 Å². The number of carbonyl (C=O) groups is 2. The molecular weight excluding hydrogens is 375 g/mol. The monoisotopic (exact) mass is 403 g/mol. The zero-order chi connectivity index (χ0) is 21.4. The molecule has 1 aromatic rings. The van der Waals surface area contributed by atoms with Crippen molar-refractivity contribution in [2.24, 2.45) is 11.5 Å². The number of hydrogen-bond donors (Lipinski definition) is 5. The molecule has 1 radical (unpaired) electrons. The molecule has 1 amide bonds. The second kappa shape index (κ2) is 7.85. The van der Waals surface area contributed by atoms with Gasteiger partial charge in [-0.05, 0) is 23.9 Å². The van der Waals surface area contributed by atoms with Crippen LogP contribution < -0.4 is 21.5 Å². The fraction of sp³-hybridized carbons (Fsp3) is 0.579. The lowest BCUT2D eigenvalue weighted by Crippen LogP contribution is -2.64. The van der Waals surface area contributed by atoms with Crippen LogP contribution in [0, 0.1) is 0 Å². The van der Waals surface area contributed by atoms with Crippen molar-refractivity contribution in [3.8, 4) is 11.5 Å². The third-order valence-electron chi connectivity index (χ3n) is 5.50. The van der Waals surface area contributed by atoms with Crippen LogP contribution in [0.2, 0.25) is 6.32 Å². The zero-order valence-electron chi connectivity index (χ0n) is 16.8. The zero-order valence-corrected chi connectivity index (χ0v) is 16.8. The van der Waals surface area contributed by atoms with E-state index >= 15 is 0 Å². The van der Waals surface area contributed by atoms with Crippen LogP contribution in [0.15, 0.2) is 12.1 Å². The Morgan fingerprint density at radius 2 is 2.10 bits per heavy atom. The van der Waals surface area contributed by atoms with Crippen molar-refractivity contribution < 1.29 is 24.5 Å². The molecule has 2 aliphatic rings. The SMILES string of the molecule is CC(N)(CN1CC(Oc2ccc(C3(C)[B]C3)c(O)c2C(=O)O)C1)C(=O)NCCN. The van der Waals surface area contributed by atoms with E-state index in [1.807, 2.05) is 19.1 Å². The van der Waals surface area contributed by atoms with Crippen molar-refractivity contribution in [1.29, 1.82) is 0 Å². The number of hydrogen-bond acceptors (Lipinski definition) is 7. The van der Waals surface area contributed by atoms with Crippen LogP contribution in [0.1, 0.15) is 29.8 Å². The van der Waals surface area contributed by atoms with Gasteiger partial charge in [0, 0.05) is 32.7 Å². The lowest BCUT2D eigenvalue weighted by molar-refractivity contribution is -0.127. The molecule has 2 heterocycles. The summed E-state index contributed by atoms with van der Waals surface area (Å²) in [5, 5.41) is 22.5. The van der Waals surface area contributed by atoms with E-state index < -0.39 is 11.5 Å². The summed E-state index contributed by atoms with van der Waals surface area (Å²) in [7, 11) is 2.02. The first-order valence-corrected chi connectivity index (χ1v) is 9.68. The van der Waals surface area contributed by atoms with Crippen molar-refractivity contribution in [3.63, 3.8) is 0 Å². The molecule has 1 aromatic carbocycles. The largest absolute Gasteiger partial charge is 0.507 e. The second-order valence-electron chi connectivity index (χ2n) is 8.36. The van der Waals surface area contributed by atoms with Gasteiger partial charge >= 0.3 is 5.97 Å². The molecule has 9 nitrogen and oxygen atoms in total. The average Bonchev–Trinajstić information content (AvgIpc) is 3.35. The topological polar surface area (TPSA) is 151 Å². The molecule has 0 aromatic heterocycles. The molecule has 0 bridgehead atoms. The number of ether oxygens (including phenoxy) is 1. The quantitative estimate of drug-likeness (QED) is 0.340. The molecule has 2 fully saturated rings. The predicted molar refractivity (Wildman–Crippen MR) is 108 cm³/mol. The highest BCUT2D eigenvalue weighted by Gasteiger charge is 2.44. The van der Waals surface area contributed by atoms with Crippen LogP contribution >= 0.6 is 0 Å². The highest BCUT2D eigenvalue weighted by atomic mass is 16.5. The van der Waals surface area contributed by atoms with E-state index in [1.165, 1.54) is 0 Å². The van der Waals surface area contributed by atoms with Gasteiger partial charge in [0.05, 0.1) is 0 Å². The summed E-state index contributed by atoms with van der Waals surface area (Å²) >= 11 is 0. The van der Waals surface area contributed by atoms with E-state index in [0.29, 0.717) is 38.3 Å². The third-order valence-corrected chi connectivity index (χ3v) is 5.50. The summed E-state index contributed by atoms with van der Waals surface area (Å²) in [5.74, 6) is -1.60. The molecule has 2 aliphatic heterocycles. The second-order valence-corrected chi connectivity index (χ2v) is 8.36. The fourth-order valence-corrected chi connectivity index (χ4v) is 3.54. The van der Waals surface area contributed by atoms with E-state index in [2.05, 4.69) is 5.32 Å². The highest BCUT2D eigenvalue weighted by Crippen LogP contribution is 2.47. The van der Waals surface area contributed by atoms with Crippen LogP contribution in [0.25, 0.3) is 0 Å². The number of amides is 1. The molecule has 157 valence electrons. The number of carbonyl (C=O) groups excluding carboxylic acids is 1. The number of carboxylic acid groups (broad SMARTS) is 1. The number of aromatic carboxylic acids is 1. The number of nitrogens with two attached hydrogens (primary N) is 2. The smallest absolute Gasteiger partial charge is 0.343 e. The summed E-state index contributed by atoms with van der Waals surface area (Å²) in [6, 6.07) is 3.32. The Balaban J connectivity index is 1.61. The van der Waals surface area contributed by atoms with E-state index in [0.717, 1.165) is 6.32 Å². The molecule has 0 aliphatic carbocycles. The van der Waals surface area contributed by atoms with Crippen molar-refractivity contribution in [2.75, 3.05) is 32.7 Å². The maximum Gasteiger partial charge on any atom is 0.343 e.